The van der Waals surface area contributed by atoms with Crippen LogP contribution in [0.5, 0.6) is 34.5 Å². The summed E-state index contributed by atoms with van der Waals surface area (Å²) in [5.41, 5.74) is 3.61. The van der Waals surface area contributed by atoms with E-state index >= 15 is 0 Å². The van der Waals surface area contributed by atoms with Crippen LogP contribution >= 0.6 is 0 Å². The Bertz CT molecular complexity index is 1230. The zero-order chi connectivity index (χ0) is 24.2. The second kappa shape index (κ2) is 9.67. The highest BCUT2D eigenvalue weighted by molar-refractivity contribution is 5.78. The molecular formula is C28H26O6. The van der Waals surface area contributed by atoms with Gasteiger partial charge < -0.3 is 30.6 Å². The molecule has 6 N–H and O–H groups in total. The molecule has 174 valence electrons. The van der Waals surface area contributed by atoms with Crippen LogP contribution in [0, 0.1) is 0 Å². The molecule has 6 heteroatoms. The number of rotatable bonds is 7. The quantitative estimate of drug-likeness (QED) is 0.228. The van der Waals surface area contributed by atoms with Crippen LogP contribution in [-0.2, 0) is 25.7 Å². The van der Waals surface area contributed by atoms with Crippen molar-refractivity contribution in [1.29, 1.82) is 0 Å². The first kappa shape index (κ1) is 22.9. The molecule has 0 atom stereocenters. The van der Waals surface area contributed by atoms with Gasteiger partial charge in [0.05, 0.1) is 0 Å². The van der Waals surface area contributed by atoms with Crippen molar-refractivity contribution in [2.45, 2.75) is 25.7 Å². The van der Waals surface area contributed by atoms with Crippen LogP contribution in [0.3, 0.4) is 0 Å². The van der Waals surface area contributed by atoms with Gasteiger partial charge in [-0.1, -0.05) is 24.3 Å². The van der Waals surface area contributed by atoms with E-state index in [2.05, 4.69) is 0 Å². The minimum absolute atomic E-state index is 0.0659. The van der Waals surface area contributed by atoms with E-state index in [1.165, 1.54) is 12.1 Å². The summed E-state index contributed by atoms with van der Waals surface area (Å²) in [6.07, 6.45) is 2.02. The smallest absolute Gasteiger partial charge is 0.127 e. The van der Waals surface area contributed by atoms with E-state index in [0.717, 1.165) is 11.1 Å². The van der Waals surface area contributed by atoms with Gasteiger partial charge in [-0.15, -0.1) is 0 Å². The molecule has 34 heavy (non-hydrogen) atoms. The molecule has 0 unspecified atom stereocenters. The van der Waals surface area contributed by atoms with Crippen LogP contribution in [0.4, 0.5) is 0 Å². The van der Waals surface area contributed by atoms with Gasteiger partial charge in [0.25, 0.3) is 0 Å². The Morgan fingerprint density at radius 3 is 1.21 bits per heavy atom. The number of phenolic OH excluding ortho intramolecular Hbond substituents is 6. The lowest BCUT2D eigenvalue weighted by atomic mass is 9.94. The minimum atomic E-state index is -0.196. The van der Waals surface area contributed by atoms with E-state index in [1.807, 2.05) is 12.1 Å². The number of hydrogen-bond acceptors (Lipinski definition) is 6. The second-order valence-corrected chi connectivity index (χ2v) is 8.34. The third-order valence-corrected chi connectivity index (χ3v) is 5.87. The number of hydrogen-bond donors (Lipinski definition) is 6. The number of benzene rings is 4. The molecule has 0 heterocycles. The maximum atomic E-state index is 10.5. The lowest BCUT2D eigenvalue weighted by molar-refractivity contribution is 0.441. The Labute approximate surface area is 197 Å². The highest BCUT2D eigenvalue weighted by Gasteiger charge is 2.17. The van der Waals surface area contributed by atoms with Gasteiger partial charge in [0.2, 0.25) is 0 Å². The molecule has 6 nitrogen and oxygen atoms in total. The van der Waals surface area contributed by atoms with Crippen molar-refractivity contribution in [2.75, 3.05) is 0 Å². The van der Waals surface area contributed by atoms with Crippen molar-refractivity contribution < 1.29 is 30.6 Å². The lowest BCUT2D eigenvalue weighted by Crippen LogP contribution is -1.95. The summed E-state index contributed by atoms with van der Waals surface area (Å²) >= 11 is 0. The molecule has 4 aromatic carbocycles. The zero-order valence-electron chi connectivity index (χ0n) is 18.4. The van der Waals surface area contributed by atoms with Crippen LogP contribution in [0.2, 0.25) is 0 Å². The fourth-order valence-corrected chi connectivity index (χ4v) is 4.06. The minimum Gasteiger partial charge on any atom is -0.508 e. The van der Waals surface area contributed by atoms with Crippen molar-refractivity contribution in [3.63, 3.8) is 0 Å². The van der Waals surface area contributed by atoms with Crippen LogP contribution in [0.15, 0.2) is 72.8 Å². The molecule has 0 amide bonds. The predicted molar refractivity (Wildman–Crippen MR) is 130 cm³/mol. The third-order valence-electron chi connectivity index (χ3n) is 5.87. The maximum absolute atomic E-state index is 10.5. The topological polar surface area (TPSA) is 121 Å². The van der Waals surface area contributed by atoms with Gasteiger partial charge in [-0.2, -0.15) is 0 Å². The molecular weight excluding hydrogens is 432 g/mol. The Morgan fingerprint density at radius 1 is 0.412 bits per heavy atom. The summed E-state index contributed by atoms with van der Waals surface area (Å²) in [6, 6.07) is 19.5. The number of phenols is 6. The van der Waals surface area contributed by atoms with E-state index in [0.29, 0.717) is 47.9 Å². The average molecular weight is 459 g/mol. The van der Waals surface area contributed by atoms with Gasteiger partial charge in [0.1, 0.15) is 34.5 Å². The van der Waals surface area contributed by atoms with E-state index < -0.39 is 0 Å². The summed E-state index contributed by atoms with van der Waals surface area (Å²) in [4.78, 5) is 0. The molecule has 0 bridgehead atoms. The zero-order valence-corrected chi connectivity index (χ0v) is 18.4. The molecule has 0 saturated heterocycles. The standard InChI is InChI=1S/C28H26O6/c29-21-5-1-3-17(11-21)7-9-19-13-23(27(33)15-25(19)31)24-14-20(26(32)16-28(24)34)10-8-18-4-2-6-22(30)12-18/h1-6,11-16,29-34H,7-10H2. The molecule has 4 rings (SSSR count). The normalized spacial score (nSPS) is 10.9. The fraction of sp³-hybridized carbons (Fsp3) is 0.143. The molecule has 0 spiro atoms. The predicted octanol–water partition coefficient (Wildman–Crippen LogP) is 5.16. The first-order chi connectivity index (χ1) is 16.3. The van der Waals surface area contributed by atoms with Crippen molar-refractivity contribution in [3.8, 4) is 45.6 Å². The Balaban J connectivity index is 1.62. The highest BCUT2D eigenvalue weighted by Crippen LogP contribution is 2.42. The van der Waals surface area contributed by atoms with E-state index in [9.17, 15) is 30.6 Å². The van der Waals surface area contributed by atoms with E-state index in [4.69, 9.17) is 0 Å². The average Bonchev–Trinajstić information content (AvgIpc) is 2.78. The fourth-order valence-electron chi connectivity index (χ4n) is 4.06. The van der Waals surface area contributed by atoms with Crippen LogP contribution in [0.25, 0.3) is 11.1 Å². The molecule has 0 aliphatic rings. The first-order valence-corrected chi connectivity index (χ1v) is 11.0. The SMILES string of the molecule is Oc1cccc(CCc2cc(-c3cc(CCc4cccc(O)c4)c(O)cc3O)c(O)cc2O)c1. The Morgan fingerprint density at radius 2 is 0.824 bits per heavy atom. The van der Waals surface area contributed by atoms with E-state index in [1.54, 1.807) is 48.5 Å². The summed E-state index contributed by atoms with van der Waals surface area (Å²) in [5.74, 6) is -0.189. The molecule has 0 aliphatic carbocycles. The first-order valence-electron chi connectivity index (χ1n) is 11.0. The van der Waals surface area contributed by atoms with Gasteiger partial charge in [-0.05, 0) is 84.3 Å². The van der Waals surface area contributed by atoms with Gasteiger partial charge in [-0.3, -0.25) is 0 Å². The summed E-state index contributed by atoms with van der Waals surface area (Å²) in [6.45, 7) is 0. The van der Waals surface area contributed by atoms with Gasteiger partial charge in [0.15, 0.2) is 0 Å². The van der Waals surface area contributed by atoms with Crippen LogP contribution in [0.1, 0.15) is 22.3 Å². The van der Waals surface area contributed by atoms with Crippen molar-refractivity contribution in [3.05, 3.63) is 95.1 Å². The molecule has 0 aliphatic heterocycles. The third kappa shape index (κ3) is 5.18. The molecule has 0 saturated carbocycles. The highest BCUT2D eigenvalue weighted by atomic mass is 16.3. The summed E-state index contributed by atoms with van der Waals surface area (Å²) in [5, 5.41) is 61.1. The van der Waals surface area contributed by atoms with Crippen LogP contribution in [-0.4, -0.2) is 30.6 Å². The van der Waals surface area contributed by atoms with Gasteiger partial charge in [-0.25, -0.2) is 0 Å². The molecule has 0 radical (unpaired) electrons. The van der Waals surface area contributed by atoms with Crippen molar-refractivity contribution in [2.24, 2.45) is 0 Å². The molecule has 0 fully saturated rings. The molecule has 0 aromatic heterocycles. The largest absolute Gasteiger partial charge is 0.508 e. The number of aryl methyl sites for hydroxylation is 4. The maximum Gasteiger partial charge on any atom is 0.127 e. The van der Waals surface area contributed by atoms with Crippen LogP contribution < -0.4 is 0 Å². The van der Waals surface area contributed by atoms with E-state index in [-0.39, 0.29) is 34.5 Å². The Kier molecular flexibility index (Phi) is 6.50. The van der Waals surface area contributed by atoms with Gasteiger partial charge in [0, 0.05) is 23.3 Å². The second-order valence-electron chi connectivity index (χ2n) is 8.34. The summed E-state index contributed by atoms with van der Waals surface area (Å²) < 4.78 is 0. The summed E-state index contributed by atoms with van der Waals surface area (Å²) in [7, 11) is 0. The Hall–Kier alpha value is -4.32. The van der Waals surface area contributed by atoms with Crippen molar-refractivity contribution >= 4 is 0 Å². The molecule has 4 aromatic rings. The van der Waals surface area contributed by atoms with Crippen molar-refractivity contribution in [1.82, 2.24) is 0 Å². The monoisotopic (exact) mass is 458 g/mol. The van der Waals surface area contributed by atoms with Gasteiger partial charge >= 0.3 is 0 Å². The lowest BCUT2D eigenvalue weighted by Gasteiger charge is -2.14. The number of aromatic hydroxyl groups is 6.